The molecule has 1 aromatic heterocycles. The van der Waals surface area contributed by atoms with Crippen molar-refractivity contribution >= 4 is 44.7 Å². The summed E-state index contributed by atoms with van der Waals surface area (Å²) in [6, 6.07) is 13.5. The average Bonchev–Trinajstić information content (AvgIpc) is 2.84. The Morgan fingerprint density at radius 2 is 2.00 bits per heavy atom. The lowest BCUT2D eigenvalue weighted by molar-refractivity contribution is -0.114. The second kappa shape index (κ2) is 5.23. The van der Waals surface area contributed by atoms with Gasteiger partial charge < -0.3 is 5.32 Å². The summed E-state index contributed by atoms with van der Waals surface area (Å²) >= 11 is 7.76. The molecule has 0 unspecified atom stereocenters. The number of amides is 1. The quantitative estimate of drug-likeness (QED) is 0.753. The number of hydrogen-bond acceptors (Lipinski definition) is 3. The van der Waals surface area contributed by atoms with Crippen LogP contribution in [0.1, 0.15) is 6.92 Å². The number of nitrogens with one attached hydrogen (secondary N) is 1. The van der Waals surface area contributed by atoms with E-state index in [2.05, 4.69) is 10.3 Å². The van der Waals surface area contributed by atoms with Gasteiger partial charge in [0.1, 0.15) is 5.01 Å². The molecule has 0 bridgehead atoms. The van der Waals surface area contributed by atoms with Gasteiger partial charge in [-0.15, -0.1) is 11.3 Å². The standard InChI is InChI=1S/C15H11ClN2OS/c1-9(19)17-14-10(5-4-6-11(14)16)15-18-12-7-2-3-8-13(12)20-15/h2-8H,1H3,(H,17,19). The normalized spacial score (nSPS) is 10.7. The van der Waals surface area contributed by atoms with Crippen LogP contribution in [0, 0.1) is 0 Å². The van der Waals surface area contributed by atoms with Crippen LogP contribution in [-0.4, -0.2) is 10.9 Å². The van der Waals surface area contributed by atoms with Crippen molar-refractivity contribution in [1.82, 2.24) is 4.98 Å². The molecule has 3 rings (SSSR count). The Labute approximate surface area is 125 Å². The van der Waals surface area contributed by atoms with Crippen LogP contribution in [-0.2, 0) is 4.79 Å². The van der Waals surface area contributed by atoms with Gasteiger partial charge in [0.2, 0.25) is 5.91 Å². The number of para-hydroxylation sites is 2. The van der Waals surface area contributed by atoms with E-state index in [0.717, 1.165) is 20.8 Å². The highest BCUT2D eigenvalue weighted by Crippen LogP contribution is 2.37. The minimum Gasteiger partial charge on any atom is -0.324 e. The minimum atomic E-state index is -0.152. The largest absolute Gasteiger partial charge is 0.324 e. The summed E-state index contributed by atoms with van der Waals surface area (Å²) in [5.41, 5.74) is 2.40. The third kappa shape index (κ3) is 2.40. The predicted molar refractivity (Wildman–Crippen MR) is 84.4 cm³/mol. The van der Waals surface area contributed by atoms with Crippen LogP contribution in [0.4, 0.5) is 5.69 Å². The van der Waals surface area contributed by atoms with E-state index in [4.69, 9.17) is 11.6 Å². The summed E-state index contributed by atoms with van der Waals surface area (Å²) in [7, 11) is 0. The Morgan fingerprint density at radius 1 is 1.20 bits per heavy atom. The number of thiazole rings is 1. The molecule has 5 heteroatoms. The van der Waals surface area contributed by atoms with Crippen molar-refractivity contribution in [2.24, 2.45) is 0 Å². The molecule has 1 heterocycles. The van der Waals surface area contributed by atoms with E-state index in [1.54, 1.807) is 17.4 Å². The molecule has 20 heavy (non-hydrogen) atoms. The van der Waals surface area contributed by atoms with Gasteiger partial charge in [-0.05, 0) is 24.3 Å². The number of aromatic nitrogens is 1. The van der Waals surface area contributed by atoms with Gasteiger partial charge in [-0.1, -0.05) is 29.8 Å². The van der Waals surface area contributed by atoms with Crippen LogP contribution in [0.5, 0.6) is 0 Å². The highest BCUT2D eigenvalue weighted by molar-refractivity contribution is 7.21. The number of nitrogens with zero attached hydrogens (tertiary/aromatic N) is 1. The summed E-state index contributed by atoms with van der Waals surface area (Å²) in [5, 5.41) is 4.14. The maximum atomic E-state index is 11.3. The average molecular weight is 303 g/mol. The van der Waals surface area contributed by atoms with Gasteiger partial charge in [-0.25, -0.2) is 4.98 Å². The molecule has 2 aromatic carbocycles. The van der Waals surface area contributed by atoms with Crippen LogP contribution in [0.2, 0.25) is 5.02 Å². The number of carbonyl (C=O) groups excluding carboxylic acids is 1. The van der Waals surface area contributed by atoms with Crippen LogP contribution >= 0.6 is 22.9 Å². The van der Waals surface area contributed by atoms with E-state index in [1.807, 2.05) is 36.4 Å². The number of rotatable bonds is 2. The lowest BCUT2D eigenvalue weighted by Gasteiger charge is -2.09. The molecule has 0 saturated carbocycles. The van der Waals surface area contributed by atoms with E-state index in [-0.39, 0.29) is 5.91 Å². The Bertz CT molecular complexity index is 764. The first kappa shape index (κ1) is 13.1. The van der Waals surface area contributed by atoms with Gasteiger partial charge in [0.15, 0.2) is 0 Å². The molecular weight excluding hydrogens is 292 g/mol. The third-order valence-corrected chi connectivity index (χ3v) is 4.22. The van der Waals surface area contributed by atoms with Gasteiger partial charge in [0.05, 0.1) is 20.9 Å². The second-order valence-corrected chi connectivity index (χ2v) is 5.77. The lowest BCUT2D eigenvalue weighted by atomic mass is 10.2. The first-order valence-electron chi connectivity index (χ1n) is 6.07. The highest BCUT2D eigenvalue weighted by atomic mass is 35.5. The highest BCUT2D eigenvalue weighted by Gasteiger charge is 2.13. The molecule has 3 nitrogen and oxygen atoms in total. The molecule has 100 valence electrons. The van der Waals surface area contributed by atoms with Crippen molar-refractivity contribution in [3.8, 4) is 10.6 Å². The molecule has 0 aliphatic heterocycles. The van der Waals surface area contributed by atoms with Crippen molar-refractivity contribution in [3.05, 3.63) is 47.5 Å². The summed E-state index contributed by atoms with van der Waals surface area (Å²) < 4.78 is 1.11. The number of anilines is 1. The maximum Gasteiger partial charge on any atom is 0.221 e. The number of benzene rings is 2. The second-order valence-electron chi connectivity index (χ2n) is 4.33. The fourth-order valence-corrected chi connectivity index (χ4v) is 3.21. The first-order chi connectivity index (χ1) is 9.65. The Morgan fingerprint density at radius 3 is 2.75 bits per heavy atom. The van der Waals surface area contributed by atoms with Crippen LogP contribution in [0.25, 0.3) is 20.8 Å². The molecule has 0 saturated heterocycles. The Balaban J connectivity index is 2.18. The van der Waals surface area contributed by atoms with Crippen molar-refractivity contribution in [3.63, 3.8) is 0 Å². The van der Waals surface area contributed by atoms with Crippen LogP contribution in [0.15, 0.2) is 42.5 Å². The molecule has 0 radical (unpaired) electrons. The smallest absolute Gasteiger partial charge is 0.221 e. The molecule has 0 atom stereocenters. The zero-order valence-electron chi connectivity index (χ0n) is 10.7. The van der Waals surface area contributed by atoms with Gasteiger partial charge in [0, 0.05) is 12.5 Å². The maximum absolute atomic E-state index is 11.3. The molecule has 0 aliphatic carbocycles. The predicted octanol–water partition coefficient (Wildman–Crippen LogP) is 4.58. The summed E-state index contributed by atoms with van der Waals surface area (Å²) in [5.74, 6) is -0.152. The number of hydrogen-bond donors (Lipinski definition) is 1. The zero-order valence-corrected chi connectivity index (χ0v) is 12.3. The third-order valence-electron chi connectivity index (χ3n) is 2.84. The van der Waals surface area contributed by atoms with E-state index >= 15 is 0 Å². The first-order valence-corrected chi connectivity index (χ1v) is 7.26. The number of halogens is 1. The number of carbonyl (C=O) groups is 1. The van der Waals surface area contributed by atoms with E-state index in [9.17, 15) is 4.79 Å². The fourth-order valence-electron chi connectivity index (χ4n) is 1.99. The Kier molecular flexibility index (Phi) is 3.42. The van der Waals surface area contributed by atoms with E-state index in [0.29, 0.717) is 10.7 Å². The van der Waals surface area contributed by atoms with Crippen molar-refractivity contribution in [1.29, 1.82) is 0 Å². The molecule has 1 N–H and O–H groups in total. The SMILES string of the molecule is CC(=O)Nc1c(Cl)cccc1-c1nc2ccccc2s1. The zero-order chi connectivity index (χ0) is 14.1. The summed E-state index contributed by atoms with van der Waals surface area (Å²) in [6.45, 7) is 1.46. The lowest BCUT2D eigenvalue weighted by Crippen LogP contribution is -2.07. The van der Waals surface area contributed by atoms with Crippen LogP contribution in [0.3, 0.4) is 0 Å². The fraction of sp³-hybridized carbons (Fsp3) is 0.0667. The molecule has 0 spiro atoms. The molecule has 0 aliphatic rings. The molecule has 1 amide bonds. The van der Waals surface area contributed by atoms with Gasteiger partial charge in [0.25, 0.3) is 0 Å². The van der Waals surface area contributed by atoms with Gasteiger partial charge in [-0.3, -0.25) is 4.79 Å². The van der Waals surface area contributed by atoms with Crippen LogP contribution < -0.4 is 5.32 Å². The summed E-state index contributed by atoms with van der Waals surface area (Å²) in [6.07, 6.45) is 0. The van der Waals surface area contributed by atoms with Crippen molar-refractivity contribution in [2.75, 3.05) is 5.32 Å². The monoisotopic (exact) mass is 302 g/mol. The Hall–Kier alpha value is -1.91. The summed E-state index contributed by atoms with van der Waals surface area (Å²) in [4.78, 5) is 15.9. The molecular formula is C15H11ClN2OS. The van der Waals surface area contributed by atoms with E-state index < -0.39 is 0 Å². The van der Waals surface area contributed by atoms with Crippen molar-refractivity contribution in [2.45, 2.75) is 6.92 Å². The molecule has 0 fully saturated rings. The van der Waals surface area contributed by atoms with Gasteiger partial charge in [-0.2, -0.15) is 0 Å². The minimum absolute atomic E-state index is 0.152. The molecule has 3 aromatic rings. The van der Waals surface area contributed by atoms with E-state index in [1.165, 1.54) is 6.92 Å². The number of fused-ring (bicyclic) bond motifs is 1. The topological polar surface area (TPSA) is 42.0 Å². The van der Waals surface area contributed by atoms with Crippen molar-refractivity contribution < 1.29 is 4.79 Å². The van der Waals surface area contributed by atoms with Gasteiger partial charge >= 0.3 is 0 Å².